The van der Waals surface area contributed by atoms with E-state index in [2.05, 4.69) is 9.80 Å². The average molecular weight is 476 g/mol. The number of nitro groups is 1. The Balaban J connectivity index is 1.28. The summed E-state index contributed by atoms with van der Waals surface area (Å²) in [6.45, 7) is 3.11. The fraction of sp³-hybridized carbons (Fsp3) is 0.200. The van der Waals surface area contributed by atoms with E-state index in [0.717, 1.165) is 5.69 Å². The van der Waals surface area contributed by atoms with Crippen LogP contribution in [0.5, 0.6) is 0 Å². The molecule has 5 rings (SSSR count). The first kappa shape index (κ1) is 22.5. The molecular formula is C25H21FN4O5. The molecule has 9 nitrogen and oxygen atoms in total. The third kappa shape index (κ3) is 4.56. The Hall–Kier alpha value is -4.31. The van der Waals surface area contributed by atoms with Gasteiger partial charge >= 0.3 is 5.76 Å². The van der Waals surface area contributed by atoms with Crippen molar-refractivity contribution in [1.29, 1.82) is 0 Å². The summed E-state index contributed by atoms with van der Waals surface area (Å²) < 4.78 is 20.4. The molecule has 0 spiro atoms. The van der Waals surface area contributed by atoms with Crippen LogP contribution in [0, 0.1) is 15.9 Å². The summed E-state index contributed by atoms with van der Waals surface area (Å²) in [6, 6.07) is 16.7. The zero-order valence-electron chi connectivity index (χ0n) is 18.6. The molecule has 0 amide bonds. The Morgan fingerprint density at radius 2 is 1.69 bits per heavy atom. The molecule has 0 bridgehead atoms. The van der Waals surface area contributed by atoms with Crippen LogP contribution in [0.4, 0.5) is 15.8 Å². The van der Waals surface area contributed by atoms with Gasteiger partial charge in [-0.3, -0.25) is 24.4 Å². The maximum absolute atomic E-state index is 13.5. The first-order valence-electron chi connectivity index (χ1n) is 11.0. The van der Waals surface area contributed by atoms with Gasteiger partial charge in [0.1, 0.15) is 5.82 Å². The number of fused-ring (bicyclic) bond motifs is 1. The SMILES string of the molecule is O=C(c1cccc(F)c1)c1ccc2c(c1)oc(=O)n2CN1CCN(c2ccc([N+](=O)[O-])cc2)CC1. The number of hydrogen-bond donors (Lipinski definition) is 0. The Bertz CT molecular complexity index is 1470. The van der Waals surface area contributed by atoms with E-state index in [1.54, 1.807) is 24.3 Å². The van der Waals surface area contributed by atoms with Crippen LogP contribution in [-0.2, 0) is 6.67 Å². The molecule has 178 valence electrons. The minimum absolute atomic E-state index is 0.0550. The molecule has 10 heteroatoms. The molecule has 0 unspecified atom stereocenters. The molecule has 35 heavy (non-hydrogen) atoms. The van der Waals surface area contributed by atoms with Gasteiger partial charge in [0.2, 0.25) is 0 Å². The fourth-order valence-corrected chi connectivity index (χ4v) is 4.27. The monoisotopic (exact) mass is 476 g/mol. The van der Waals surface area contributed by atoms with E-state index in [1.807, 2.05) is 0 Å². The summed E-state index contributed by atoms with van der Waals surface area (Å²) >= 11 is 0. The number of rotatable bonds is 6. The second kappa shape index (κ2) is 9.15. The van der Waals surface area contributed by atoms with E-state index in [0.29, 0.717) is 49.5 Å². The largest absolute Gasteiger partial charge is 0.421 e. The van der Waals surface area contributed by atoms with Crippen LogP contribution < -0.4 is 10.7 Å². The number of piperazine rings is 1. The van der Waals surface area contributed by atoms with Crippen LogP contribution in [0.3, 0.4) is 0 Å². The topological polar surface area (TPSA) is 102 Å². The molecule has 4 aromatic rings. The molecule has 0 saturated carbocycles. The summed E-state index contributed by atoms with van der Waals surface area (Å²) in [5.41, 5.74) is 2.36. The number of nitro benzene ring substituents is 1. The summed E-state index contributed by atoms with van der Waals surface area (Å²) in [4.78, 5) is 39.9. The van der Waals surface area contributed by atoms with Gasteiger partial charge in [0.15, 0.2) is 11.4 Å². The highest BCUT2D eigenvalue weighted by Crippen LogP contribution is 2.22. The number of non-ortho nitro benzene ring substituents is 1. The number of carbonyl (C=O) groups is 1. The lowest BCUT2D eigenvalue weighted by Gasteiger charge is -2.36. The van der Waals surface area contributed by atoms with E-state index in [9.17, 15) is 24.1 Å². The first-order valence-corrected chi connectivity index (χ1v) is 11.0. The maximum Gasteiger partial charge on any atom is 0.421 e. The van der Waals surface area contributed by atoms with Crippen molar-refractivity contribution in [2.24, 2.45) is 0 Å². The molecule has 1 fully saturated rings. The Morgan fingerprint density at radius 3 is 2.37 bits per heavy atom. The van der Waals surface area contributed by atoms with Crippen molar-refractivity contribution in [2.45, 2.75) is 6.67 Å². The van der Waals surface area contributed by atoms with Crippen LogP contribution in [-0.4, -0.2) is 46.4 Å². The van der Waals surface area contributed by atoms with Gasteiger partial charge in [0.25, 0.3) is 5.69 Å². The van der Waals surface area contributed by atoms with Gasteiger partial charge in [-0.15, -0.1) is 0 Å². The molecule has 3 aromatic carbocycles. The normalized spacial score (nSPS) is 14.4. The van der Waals surface area contributed by atoms with Gasteiger partial charge in [-0.2, -0.15) is 0 Å². The van der Waals surface area contributed by atoms with Crippen LogP contribution in [0.25, 0.3) is 11.1 Å². The summed E-state index contributed by atoms with van der Waals surface area (Å²) in [7, 11) is 0. The van der Waals surface area contributed by atoms with Gasteiger partial charge in [-0.25, -0.2) is 9.18 Å². The van der Waals surface area contributed by atoms with E-state index in [4.69, 9.17) is 4.42 Å². The number of ketones is 1. The predicted octanol–water partition coefficient (Wildman–Crippen LogP) is 3.65. The fourth-order valence-electron chi connectivity index (χ4n) is 4.27. The van der Waals surface area contributed by atoms with Crippen molar-refractivity contribution in [1.82, 2.24) is 9.47 Å². The van der Waals surface area contributed by atoms with Gasteiger partial charge in [0, 0.05) is 55.1 Å². The van der Waals surface area contributed by atoms with Crippen LogP contribution >= 0.6 is 0 Å². The smallest absolute Gasteiger partial charge is 0.408 e. The van der Waals surface area contributed by atoms with Crippen molar-refractivity contribution in [3.8, 4) is 0 Å². The highest BCUT2D eigenvalue weighted by atomic mass is 19.1. The number of halogens is 1. The second-order valence-corrected chi connectivity index (χ2v) is 8.34. The van der Waals surface area contributed by atoms with Crippen molar-refractivity contribution in [2.75, 3.05) is 31.1 Å². The summed E-state index contributed by atoms with van der Waals surface area (Å²) in [5, 5.41) is 10.9. The van der Waals surface area contributed by atoms with Crippen molar-refractivity contribution in [3.05, 3.63) is 104 Å². The van der Waals surface area contributed by atoms with Crippen LogP contribution in [0.1, 0.15) is 15.9 Å². The van der Waals surface area contributed by atoms with Gasteiger partial charge in [-0.1, -0.05) is 12.1 Å². The van der Waals surface area contributed by atoms with Crippen LogP contribution in [0.15, 0.2) is 75.9 Å². The minimum atomic E-state index is -0.520. The van der Waals surface area contributed by atoms with E-state index in [-0.39, 0.29) is 17.0 Å². The zero-order valence-corrected chi connectivity index (χ0v) is 18.6. The quantitative estimate of drug-likeness (QED) is 0.238. The molecule has 0 atom stereocenters. The standard InChI is InChI=1S/C25H21FN4O5/c26-19-3-1-2-17(14-19)24(31)18-4-9-22-23(15-18)35-25(32)29(22)16-27-10-12-28(13-11-27)20-5-7-21(8-6-20)30(33)34/h1-9,14-15H,10-13,16H2. The molecular weight excluding hydrogens is 455 g/mol. The van der Waals surface area contributed by atoms with Gasteiger partial charge in [-0.05, 0) is 42.5 Å². The maximum atomic E-state index is 13.5. The van der Waals surface area contributed by atoms with Gasteiger partial charge < -0.3 is 9.32 Å². The summed E-state index contributed by atoms with van der Waals surface area (Å²) in [6.07, 6.45) is 0. The Labute approximate surface area is 198 Å². The summed E-state index contributed by atoms with van der Waals surface area (Å²) in [5.74, 6) is -1.37. The molecule has 1 aliphatic heterocycles. The molecule has 0 N–H and O–H groups in total. The molecule has 1 aliphatic rings. The molecule has 0 aliphatic carbocycles. The van der Waals surface area contributed by atoms with E-state index >= 15 is 0 Å². The highest BCUT2D eigenvalue weighted by Gasteiger charge is 2.21. The van der Waals surface area contributed by atoms with Crippen molar-refractivity contribution >= 4 is 28.3 Å². The van der Waals surface area contributed by atoms with E-state index < -0.39 is 16.5 Å². The Morgan fingerprint density at radius 1 is 0.971 bits per heavy atom. The lowest BCUT2D eigenvalue weighted by atomic mass is 10.0. The van der Waals surface area contributed by atoms with Crippen molar-refractivity contribution in [3.63, 3.8) is 0 Å². The van der Waals surface area contributed by atoms with Crippen molar-refractivity contribution < 1.29 is 18.5 Å². The lowest BCUT2D eigenvalue weighted by Crippen LogP contribution is -2.47. The molecule has 2 heterocycles. The molecule has 0 radical (unpaired) electrons. The molecule has 1 saturated heterocycles. The molecule has 1 aromatic heterocycles. The van der Waals surface area contributed by atoms with Gasteiger partial charge in [0.05, 0.1) is 17.1 Å². The average Bonchev–Trinajstić information content (AvgIpc) is 3.18. The number of carbonyl (C=O) groups excluding carboxylic acids is 1. The van der Waals surface area contributed by atoms with E-state index in [1.165, 1.54) is 47.0 Å². The minimum Gasteiger partial charge on any atom is -0.408 e. The third-order valence-electron chi connectivity index (χ3n) is 6.16. The highest BCUT2D eigenvalue weighted by molar-refractivity contribution is 6.10. The van der Waals surface area contributed by atoms with Crippen LogP contribution in [0.2, 0.25) is 0 Å². The number of aromatic nitrogens is 1. The number of anilines is 1. The lowest BCUT2D eigenvalue weighted by molar-refractivity contribution is -0.384. The zero-order chi connectivity index (χ0) is 24.5. The number of nitrogens with zero attached hydrogens (tertiary/aromatic N) is 4. The number of hydrogen-bond acceptors (Lipinski definition) is 7. The second-order valence-electron chi connectivity index (χ2n) is 8.34. The number of oxazole rings is 1. The Kier molecular flexibility index (Phi) is 5.87. The number of benzene rings is 3. The first-order chi connectivity index (χ1) is 16.9. The predicted molar refractivity (Wildman–Crippen MR) is 127 cm³/mol. The third-order valence-corrected chi connectivity index (χ3v) is 6.16.